The molecule has 0 bridgehead atoms. The molecule has 188 valence electrons. The van der Waals surface area contributed by atoms with E-state index in [1.165, 1.54) is 24.3 Å². The molecule has 1 aromatic carbocycles. The van der Waals surface area contributed by atoms with Crippen LogP contribution in [0.4, 0.5) is 8.78 Å². The normalized spacial score (nSPS) is 13.8. The predicted octanol–water partition coefficient (Wildman–Crippen LogP) is 5.82. The highest BCUT2D eigenvalue weighted by Crippen LogP contribution is 2.28. The first kappa shape index (κ1) is 31.3. The lowest BCUT2D eigenvalue weighted by atomic mass is 9.87. The lowest BCUT2D eigenvalue weighted by Crippen LogP contribution is -2.40. The van der Waals surface area contributed by atoms with E-state index < -0.39 is 17.5 Å². The van der Waals surface area contributed by atoms with Gasteiger partial charge in [0.1, 0.15) is 17.9 Å². The Bertz CT molecular complexity index is 886. The SMILES string of the molecule is C=C(NC(O)C(C)(C)C/C=C/C=C(F)\C=C/c1ccc(F)cc1)S/C(C=O)=C(/C)N.CCOC. The van der Waals surface area contributed by atoms with Gasteiger partial charge in [0.05, 0.1) is 9.93 Å². The smallest absolute Gasteiger partial charge is 0.158 e. The highest BCUT2D eigenvalue weighted by molar-refractivity contribution is 8.07. The fourth-order valence-electron chi connectivity index (χ4n) is 2.16. The largest absolute Gasteiger partial charge is 0.401 e. The van der Waals surface area contributed by atoms with Crippen molar-refractivity contribution in [2.45, 2.75) is 40.3 Å². The number of benzene rings is 1. The second kappa shape index (κ2) is 16.9. The van der Waals surface area contributed by atoms with Gasteiger partial charge in [-0.1, -0.05) is 62.5 Å². The fraction of sp³-hybridized carbons (Fsp3) is 0.346. The van der Waals surface area contributed by atoms with Crippen LogP contribution in [0.3, 0.4) is 0 Å². The fourth-order valence-corrected chi connectivity index (χ4v) is 2.80. The number of allylic oxidation sites excluding steroid dienone is 7. The van der Waals surface area contributed by atoms with Gasteiger partial charge >= 0.3 is 0 Å². The molecule has 34 heavy (non-hydrogen) atoms. The van der Waals surface area contributed by atoms with Crippen LogP contribution < -0.4 is 11.1 Å². The van der Waals surface area contributed by atoms with Gasteiger partial charge in [0.15, 0.2) is 6.29 Å². The Morgan fingerprint density at radius 1 is 1.35 bits per heavy atom. The first-order valence-corrected chi connectivity index (χ1v) is 11.5. The number of thioether (sulfide) groups is 1. The third-order valence-corrected chi connectivity index (χ3v) is 5.40. The lowest BCUT2D eigenvalue weighted by Gasteiger charge is -2.31. The monoisotopic (exact) mass is 494 g/mol. The van der Waals surface area contributed by atoms with Gasteiger partial charge in [-0.05, 0) is 50.1 Å². The summed E-state index contributed by atoms with van der Waals surface area (Å²) in [6.45, 7) is 11.9. The van der Waals surface area contributed by atoms with Crippen LogP contribution in [0.1, 0.15) is 39.7 Å². The maximum absolute atomic E-state index is 13.9. The molecular formula is C26H36F2N2O3S. The van der Waals surface area contributed by atoms with E-state index in [4.69, 9.17) is 5.73 Å². The summed E-state index contributed by atoms with van der Waals surface area (Å²) in [5, 5.41) is 13.7. The summed E-state index contributed by atoms with van der Waals surface area (Å²) in [5.41, 5.74) is 6.08. The van der Waals surface area contributed by atoms with E-state index in [1.54, 1.807) is 44.4 Å². The molecule has 0 saturated heterocycles. The summed E-state index contributed by atoms with van der Waals surface area (Å²) in [4.78, 5) is 11.3. The van der Waals surface area contributed by atoms with Crippen LogP contribution in [0, 0.1) is 11.2 Å². The second-order valence-corrected chi connectivity index (χ2v) is 9.01. The van der Waals surface area contributed by atoms with Crippen LogP contribution in [0.25, 0.3) is 6.08 Å². The van der Waals surface area contributed by atoms with Crippen molar-refractivity contribution in [2.75, 3.05) is 13.7 Å². The van der Waals surface area contributed by atoms with E-state index in [2.05, 4.69) is 16.6 Å². The van der Waals surface area contributed by atoms with Crippen molar-refractivity contribution in [3.05, 3.63) is 88.0 Å². The van der Waals surface area contributed by atoms with Gasteiger partial charge < -0.3 is 20.9 Å². The molecule has 0 heterocycles. The number of aliphatic hydroxyl groups is 1. The Hall–Kier alpha value is -2.68. The number of aliphatic hydroxyl groups excluding tert-OH is 1. The molecule has 1 atom stereocenters. The van der Waals surface area contributed by atoms with Gasteiger partial charge in [0, 0.05) is 24.8 Å². The third-order valence-electron chi connectivity index (χ3n) is 4.40. The Labute approximate surface area is 206 Å². The topological polar surface area (TPSA) is 84.6 Å². The zero-order chi connectivity index (χ0) is 26.1. The van der Waals surface area contributed by atoms with Crippen molar-refractivity contribution in [1.29, 1.82) is 0 Å². The maximum Gasteiger partial charge on any atom is 0.158 e. The van der Waals surface area contributed by atoms with Gasteiger partial charge in [-0.2, -0.15) is 0 Å². The first-order chi connectivity index (χ1) is 16.0. The summed E-state index contributed by atoms with van der Waals surface area (Å²) < 4.78 is 31.3. The summed E-state index contributed by atoms with van der Waals surface area (Å²) in [6.07, 6.45) is 7.59. The summed E-state index contributed by atoms with van der Waals surface area (Å²) in [5.74, 6) is -0.801. The standard InChI is InChI=1S/C23H28F2N2O2S.C3H8O/c1-16(26)21(15-28)30-17(2)27-22(29)23(3,4)14-6-5-7-19(24)11-8-18-9-12-20(25)13-10-18;1-3-4-2/h5-13,15,22,27,29H,2,14,26H2,1,3-4H3;3H2,1-2H3/b6-5+,11-8-,19-7+,21-16-;. The van der Waals surface area contributed by atoms with Crippen LogP contribution in [0.2, 0.25) is 0 Å². The third kappa shape index (κ3) is 13.8. The van der Waals surface area contributed by atoms with Crippen LogP contribution >= 0.6 is 11.8 Å². The molecule has 0 fully saturated rings. The van der Waals surface area contributed by atoms with Crippen molar-refractivity contribution < 1.29 is 23.4 Å². The van der Waals surface area contributed by atoms with E-state index in [9.17, 15) is 18.7 Å². The number of carbonyl (C=O) groups is 1. The summed E-state index contributed by atoms with van der Waals surface area (Å²) in [7, 11) is 1.68. The minimum Gasteiger partial charge on any atom is -0.401 e. The lowest BCUT2D eigenvalue weighted by molar-refractivity contribution is -0.104. The van der Waals surface area contributed by atoms with Crippen LogP contribution in [-0.2, 0) is 9.53 Å². The molecule has 1 unspecified atom stereocenters. The highest BCUT2D eigenvalue weighted by atomic mass is 32.2. The van der Waals surface area contributed by atoms with Crippen LogP contribution in [-0.4, -0.2) is 31.3 Å². The minimum atomic E-state index is -0.944. The number of methoxy groups -OCH3 is 1. The van der Waals surface area contributed by atoms with Crippen LogP contribution in [0.15, 0.2) is 76.6 Å². The highest BCUT2D eigenvalue weighted by Gasteiger charge is 2.27. The number of hydrogen-bond acceptors (Lipinski definition) is 6. The van der Waals surface area contributed by atoms with E-state index >= 15 is 0 Å². The Morgan fingerprint density at radius 2 is 1.94 bits per heavy atom. The molecule has 5 nitrogen and oxygen atoms in total. The maximum atomic E-state index is 13.9. The van der Waals surface area contributed by atoms with Gasteiger partial charge in [-0.3, -0.25) is 4.79 Å². The van der Waals surface area contributed by atoms with Gasteiger partial charge in [0.2, 0.25) is 0 Å². The van der Waals surface area contributed by atoms with E-state index in [-0.39, 0.29) is 5.82 Å². The van der Waals surface area contributed by atoms with Gasteiger partial charge in [-0.25, -0.2) is 8.78 Å². The molecule has 4 N–H and O–H groups in total. The zero-order valence-electron chi connectivity index (χ0n) is 20.5. The first-order valence-electron chi connectivity index (χ1n) is 10.6. The molecule has 0 radical (unpaired) electrons. The van der Waals surface area contributed by atoms with E-state index in [0.717, 1.165) is 18.4 Å². The van der Waals surface area contributed by atoms with Crippen molar-refractivity contribution in [1.82, 2.24) is 5.32 Å². The number of carbonyl (C=O) groups excluding carboxylic acids is 1. The molecule has 0 aliphatic heterocycles. The molecule has 0 aliphatic carbocycles. The number of aldehydes is 1. The number of ether oxygens (including phenoxy) is 1. The molecule has 0 aliphatic rings. The van der Waals surface area contributed by atoms with Gasteiger partial charge in [0.25, 0.3) is 0 Å². The van der Waals surface area contributed by atoms with Crippen molar-refractivity contribution >= 4 is 24.1 Å². The number of rotatable bonds is 12. The second-order valence-electron chi connectivity index (χ2n) is 7.87. The Morgan fingerprint density at radius 3 is 2.44 bits per heavy atom. The molecule has 0 saturated carbocycles. The Kier molecular flexibility index (Phi) is 15.5. The summed E-state index contributed by atoms with van der Waals surface area (Å²) in [6, 6.07) is 5.73. The number of halogens is 2. The Balaban J connectivity index is 0.00000251. The zero-order valence-corrected chi connectivity index (χ0v) is 21.3. The summed E-state index contributed by atoms with van der Waals surface area (Å²) >= 11 is 1.05. The van der Waals surface area contributed by atoms with Crippen molar-refractivity contribution in [2.24, 2.45) is 11.1 Å². The van der Waals surface area contributed by atoms with Crippen molar-refractivity contribution in [3.63, 3.8) is 0 Å². The molecule has 1 aromatic rings. The number of nitrogens with two attached hydrogens (primary N) is 1. The number of nitrogens with one attached hydrogen (secondary N) is 1. The minimum absolute atomic E-state index is 0.326. The predicted molar refractivity (Wildman–Crippen MR) is 139 cm³/mol. The molecular weight excluding hydrogens is 458 g/mol. The molecule has 1 rings (SSSR count). The van der Waals surface area contributed by atoms with Gasteiger partial charge in [-0.15, -0.1) is 0 Å². The van der Waals surface area contributed by atoms with Crippen LogP contribution in [0.5, 0.6) is 0 Å². The average molecular weight is 495 g/mol. The molecule has 0 spiro atoms. The molecule has 8 heteroatoms. The van der Waals surface area contributed by atoms with E-state index in [0.29, 0.717) is 33.9 Å². The van der Waals surface area contributed by atoms with E-state index in [1.807, 2.05) is 20.8 Å². The average Bonchev–Trinajstić information content (AvgIpc) is 2.79. The van der Waals surface area contributed by atoms with Crippen molar-refractivity contribution in [3.8, 4) is 0 Å². The number of hydrogen-bond donors (Lipinski definition) is 3. The molecule has 0 amide bonds. The molecule has 0 aromatic heterocycles. The quantitative estimate of drug-likeness (QED) is 0.147.